The normalized spacial score (nSPS) is 30.3. The quantitative estimate of drug-likeness (QED) is 0.119. The summed E-state index contributed by atoms with van der Waals surface area (Å²) in [6.07, 6.45) is 7.06. The summed E-state index contributed by atoms with van der Waals surface area (Å²) in [5.74, 6) is -7.19. The second-order valence-electron chi connectivity index (χ2n) is 19.5. The molecule has 69 heavy (non-hydrogen) atoms. The molecule has 4 aliphatic heterocycles. The predicted molar refractivity (Wildman–Crippen MR) is 258 cm³/mol. The summed E-state index contributed by atoms with van der Waals surface area (Å²) >= 11 is 0. The minimum atomic E-state index is -1.98. The van der Waals surface area contributed by atoms with Gasteiger partial charge >= 0.3 is 11.8 Å². The smallest absolute Gasteiger partial charge is 0.312 e. The van der Waals surface area contributed by atoms with E-state index in [0.29, 0.717) is 38.2 Å². The second kappa shape index (κ2) is 19.3. The van der Waals surface area contributed by atoms with Crippen LogP contribution in [0.1, 0.15) is 82.8 Å². The molecule has 1 aromatic heterocycles. The number of phenolic OH excluding ortho intramolecular Hbond substituents is 2. The Kier molecular flexibility index (Phi) is 13.8. The average Bonchev–Trinajstić information content (AvgIpc) is 3.60. The van der Waals surface area contributed by atoms with Crippen LogP contribution in [0.5, 0.6) is 17.2 Å². The maximum Gasteiger partial charge on any atom is 0.312 e. The lowest BCUT2D eigenvalue weighted by molar-refractivity contribution is -0.160. The van der Waals surface area contributed by atoms with Crippen LogP contribution in [0.25, 0.3) is 21.7 Å². The number of methoxy groups -OCH3 is 1. The van der Waals surface area contributed by atoms with Crippen molar-refractivity contribution in [1.29, 1.82) is 0 Å². The first-order chi connectivity index (χ1) is 32.8. The number of hydrogen-bond acceptors (Lipinski definition) is 15. The van der Waals surface area contributed by atoms with Crippen molar-refractivity contribution in [2.45, 2.75) is 111 Å². The fourth-order valence-corrected chi connectivity index (χ4v) is 10.4. The number of nitrogens with one attached hydrogen (secondary N) is 1. The van der Waals surface area contributed by atoms with Gasteiger partial charge in [0.25, 0.3) is 11.7 Å². The van der Waals surface area contributed by atoms with Crippen LogP contribution in [-0.4, -0.2) is 110 Å². The summed E-state index contributed by atoms with van der Waals surface area (Å²) in [7, 11) is 1.47. The van der Waals surface area contributed by atoms with Gasteiger partial charge in [-0.05, 0) is 50.5 Å². The molecule has 366 valence electrons. The molecule has 9 atom stereocenters. The molecule has 16 heteroatoms. The number of aliphatic hydroxyl groups excluding tert-OH is 2. The first-order valence-electron chi connectivity index (χ1n) is 23.6. The fraction of sp³-hybridized carbons (Fsp3) is 0.472. The molecule has 4 bridgehead atoms. The van der Waals surface area contributed by atoms with Crippen molar-refractivity contribution in [2.75, 3.05) is 32.1 Å². The Balaban J connectivity index is 1.23. The maximum atomic E-state index is 15.0. The number of Topliss-reactive ketones (excluding diaryl/α,β-unsaturated/α-hetero) is 1. The highest BCUT2D eigenvalue weighted by Gasteiger charge is 2.50. The third kappa shape index (κ3) is 9.22. The van der Waals surface area contributed by atoms with Crippen molar-refractivity contribution in [3.63, 3.8) is 0 Å². The number of piperidine rings is 1. The van der Waals surface area contributed by atoms with E-state index in [1.165, 1.54) is 33.3 Å². The number of fused-ring (bicyclic) bond motifs is 2. The summed E-state index contributed by atoms with van der Waals surface area (Å²) < 4.78 is 24.2. The zero-order valence-corrected chi connectivity index (χ0v) is 40.6. The van der Waals surface area contributed by atoms with E-state index in [1.807, 2.05) is 24.4 Å². The Morgan fingerprint density at radius 1 is 0.957 bits per heavy atom. The summed E-state index contributed by atoms with van der Waals surface area (Å²) in [5.41, 5.74) is 2.10. The van der Waals surface area contributed by atoms with Crippen LogP contribution in [0.15, 0.2) is 82.7 Å². The lowest BCUT2D eigenvalue weighted by Gasteiger charge is -2.44. The molecule has 0 aliphatic carbocycles. The average molecular weight is 946 g/mol. The molecule has 4 aromatic rings. The number of likely N-dealkylation sites (tertiary alicyclic amines) is 1. The van der Waals surface area contributed by atoms with Crippen molar-refractivity contribution in [2.24, 2.45) is 33.7 Å². The molecule has 8 rings (SSSR count). The van der Waals surface area contributed by atoms with Crippen LogP contribution in [0.2, 0.25) is 0 Å². The minimum absolute atomic E-state index is 0.0390. The molecule has 1 saturated heterocycles. The van der Waals surface area contributed by atoms with Gasteiger partial charge in [0.15, 0.2) is 5.75 Å². The Labute approximate surface area is 401 Å². The summed E-state index contributed by atoms with van der Waals surface area (Å²) in [4.78, 5) is 57.9. The second-order valence-corrected chi connectivity index (χ2v) is 19.5. The molecule has 1 spiro atoms. The van der Waals surface area contributed by atoms with Gasteiger partial charge in [-0.25, -0.2) is 4.99 Å². The van der Waals surface area contributed by atoms with E-state index in [4.69, 9.17) is 23.9 Å². The highest BCUT2D eigenvalue weighted by molar-refractivity contribution is 6.21. The zero-order valence-electron chi connectivity index (χ0n) is 40.6. The number of phenols is 2. The summed E-state index contributed by atoms with van der Waals surface area (Å²) in [6, 6.07) is 10.2. The number of nitrogens with zero attached hydrogens (tertiary/aromatic N) is 4. The Bertz CT molecular complexity index is 2920. The van der Waals surface area contributed by atoms with E-state index >= 15 is 0 Å². The molecule has 3 aromatic carbocycles. The molecule has 0 unspecified atom stereocenters. The number of para-hydroxylation sites is 1. The number of amides is 1. The third-order valence-corrected chi connectivity index (χ3v) is 14.7. The number of carbonyl (C=O) groups excluding carboxylic acids is 3. The topological polar surface area (TPSA) is 222 Å². The highest BCUT2D eigenvalue weighted by atomic mass is 16.7. The number of pyridine rings is 1. The van der Waals surface area contributed by atoms with Gasteiger partial charge in [-0.3, -0.25) is 29.3 Å². The molecule has 5 heterocycles. The van der Waals surface area contributed by atoms with Gasteiger partial charge in [0.05, 0.1) is 58.8 Å². The number of aromatic hydroxyl groups is 2. The molecule has 1 fully saturated rings. The number of aliphatic hydroxyl groups is 2. The zero-order chi connectivity index (χ0) is 49.7. The van der Waals surface area contributed by atoms with Gasteiger partial charge in [-0.15, -0.1) is 0 Å². The van der Waals surface area contributed by atoms with Crippen molar-refractivity contribution in [3.05, 3.63) is 100 Å². The van der Waals surface area contributed by atoms with E-state index in [9.17, 15) is 34.8 Å². The standard InChI is InChI=1S/C53H63N5O11/c1-27-13-12-14-28(2)51(65)56-43-42-41(57-53(26-55-42)18-20-58(21-19-53)25-34-23-35-15-10-11-16-36(35)54-24-34)38-39(47(43)63)46(62)32(6)49-40(38)50(64)52(8,69-49)67-22-17-37(66-9)29(3)48(68-33(7)59)31(5)45(61)30(4)44(27)60/h10-17,22-24,27,29-31,37,44-45,48,57,60-63H,18-21,25-26H2,1-9H3/b13-12+,22-17+,28-14-,56-43?/t27-,29+,30+,31+,37-,44-,45+,48+,52-/m0/s1. The molecule has 5 N–H and O–H groups in total. The number of carbonyl (C=O) groups is 3. The van der Waals surface area contributed by atoms with Crippen LogP contribution in [-0.2, 0) is 30.3 Å². The largest absolute Gasteiger partial charge is 0.507 e. The van der Waals surface area contributed by atoms with Crippen molar-refractivity contribution in [3.8, 4) is 17.2 Å². The Morgan fingerprint density at radius 2 is 1.68 bits per heavy atom. The van der Waals surface area contributed by atoms with Gasteiger partial charge in [0.1, 0.15) is 28.3 Å². The van der Waals surface area contributed by atoms with E-state index in [0.717, 1.165) is 16.5 Å². The number of rotatable bonds is 4. The first kappa shape index (κ1) is 49.2. The number of esters is 1. The van der Waals surface area contributed by atoms with Crippen LogP contribution in [0.4, 0.5) is 5.69 Å². The van der Waals surface area contributed by atoms with Gasteiger partial charge in [0.2, 0.25) is 0 Å². The molecule has 0 radical (unpaired) electrons. The maximum absolute atomic E-state index is 15.0. The number of ether oxygens (including phenoxy) is 4. The summed E-state index contributed by atoms with van der Waals surface area (Å²) in [6.45, 7) is 15.2. The fourth-order valence-electron chi connectivity index (χ4n) is 10.4. The molecule has 1 amide bonds. The third-order valence-electron chi connectivity index (χ3n) is 14.7. The number of hydrogen-bond donors (Lipinski definition) is 5. The van der Waals surface area contributed by atoms with Crippen molar-refractivity contribution >= 4 is 45.0 Å². The van der Waals surface area contributed by atoms with Crippen LogP contribution in [0, 0.1) is 30.6 Å². The number of allylic oxidation sites excluding steroid dienone is 2. The van der Waals surface area contributed by atoms with Crippen LogP contribution in [0.3, 0.4) is 0 Å². The van der Waals surface area contributed by atoms with Gasteiger partial charge in [-0.2, -0.15) is 0 Å². The van der Waals surface area contributed by atoms with E-state index in [-0.39, 0.29) is 56.2 Å². The van der Waals surface area contributed by atoms with Gasteiger partial charge in [0, 0.05) is 92.4 Å². The van der Waals surface area contributed by atoms with Crippen molar-refractivity contribution < 1.29 is 53.8 Å². The van der Waals surface area contributed by atoms with E-state index in [2.05, 4.69) is 32.3 Å². The number of benzene rings is 3. The molecule has 0 saturated carbocycles. The Morgan fingerprint density at radius 3 is 2.39 bits per heavy atom. The Hall–Kier alpha value is -6.20. The molecule has 4 aliphatic rings. The minimum Gasteiger partial charge on any atom is -0.507 e. The molecular formula is C53H63N5O11. The SMILES string of the molecule is CO[C@H]1/C=C/O[C@@]2(C)Oc3c(C)c(O)c4c(O)c(c5c(c4c3C2=O)NC2(CCN(Cc3cnc4ccccc4c3)CC2)CN=5)=NC(=O)/C(C)=C\C=C\[C@H](C)[C@H](O)[C@@H](C)[C@@H](O)[C@@H](C)[C@H](OC(C)=O)[C@@H]1C. The predicted octanol–water partition coefficient (Wildman–Crippen LogP) is 5.88. The number of ketones is 1. The first-order valence-corrected chi connectivity index (χ1v) is 23.6. The lowest BCUT2D eigenvalue weighted by atomic mass is 9.78. The van der Waals surface area contributed by atoms with E-state index in [1.54, 1.807) is 59.8 Å². The highest BCUT2D eigenvalue weighted by Crippen LogP contribution is 2.51. The number of aromatic nitrogens is 1. The number of anilines is 1. The van der Waals surface area contributed by atoms with Crippen molar-refractivity contribution in [1.82, 2.24) is 9.88 Å². The van der Waals surface area contributed by atoms with Crippen LogP contribution >= 0.6 is 0 Å². The van der Waals surface area contributed by atoms with Gasteiger partial charge < -0.3 is 44.7 Å². The monoisotopic (exact) mass is 945 g/mol. The molecular weight excluding hydrogens is 883 g/mol. The lowest BCUT2D eigenvalue weighted by Crippen LogP contribution is -2.55. The van der Waals surface area contributed by atoms with Gasteiger partial charge in [-0.1, -0.05) is 64.1 Å². The van der Waals surface area contributed by atoms with E-state index < -0.39 is 82.8 Å². The molecule has 16 nitrogen and oxygen atoms in total. The van der Waals surface area contributed by atoms with Crippen LogP contribution < -0.4 is 20.8 Å². The summed E-state index contributed by atoms with van der Waals surface area (Å²) in [5, 5.41) is 52.1.